The van der Waals surface area contributed by atoms with E-state index in [1.54, 1.807) is 0 Å². The average Bonchev–Trinajstić information content (AvgIpc) is 3.41. The van der Waals surface area contributed by atoms with E-state index in [0.717, 1.165) is 128 Å². The van der Waals surface area contributed by atoms with E-state index >= 15 is 0 Å². The van der Waals surface area contributed by atoms with Crippen molar-refractivity contribution >= 4 is 25.7 Å². The van der Waals surface area contributed by atoms with Crippen molar-refractivity contribution < 1.29 is 52.2 Å². The van der Waals surface area contributed by atoms with Gasteiger partial charge in [-0.2, -0.15) is 0 Å². The molecular weight excluding hydrogens is 976 g/mol. The van der Waals surface area contributed by atoms with E-state index < -0.39 is 57.8 Å². The van der Waals surface area contributed by atoms with Crippen LogP contribution in [0.25, 0.3) is 0 Å². The Balaban J connectivity index is 4.75. The zero-order valence-corrected chi connectivity index (χ0v) is 49.6. The van der Waals surface area contributed by atoms with Gasteiger partial charge < -0.3 is 24.2 Å². The second-order valence-corrected chi connectivity index (χ2v) is 22.0. The molecule has 0 aromatic heterocycles. The number of hydrogen-bond acceptors (Lipinski definition) is 10. The molecular formula is C64H113O11P. The molecule has 0 spiro atoms. The summed E-state index contributed by atoms with van der Waals surface area (Å²) in [4.78, 5) is 48.6. The second kappa shape index (κ2) is 58.1. The third-order valence-electron chi connectivity index (χ3n) is 13.1. The first kappa shape index (κ1) is 72.9. The minimum atomic E-state index is -4.76. The molecule has 440 valence electrons. The number of unbranched alkanes of at least 4 members (excludes halogenated alkanes) is 28. The summed E-state index contributed by atoms with van der Waals surface area (Å²) in [6.07, 6.45) is 65.6. The van der Waals surface area contributed by atoms with E-state index in [0.29, 0.717) is 19.3 Å². The van der Waals surface area contributed by atoms with Gasteiger partial charge in [0, 0.05) is 19.3 Å². The van der Waals surface area contributed by atoms with Gasteiger partial charge in [0.2, 0.25) is 0 Å². The summed E-state index contributed by atoms with van der Waals surface area (Å²) in [5, 5.41) is 9.82. The molecule has 3 atom stereocenters. The Bertz CT molecular complexity index is 1550. The van der Waals surface area contributed by atoms with Gasteiger partial charge in [-0.3, -0.25) is 23.4 Å². The smallest absolute Gasteiger partial charge is 0.462 e. The molecule has 0 aliphatic carbocycles. The van der Waals surface area contributed by atoms with Crippen molar-refractivity contribution in [2.45, 2.75) is 290 Å². The Morgan fingerprint density at radius 2 is 0.671 bits per heavy atom. The fraction of sp³-hybridized carbons (Fsp3) is 0.766. The summed E-state index contributed by atoms with van der Waals surface area (Å²) in [5.41, 5.74) is 0. The van der Waals surface area contributed by atoms with E-state index in [1.807, 2.05) is 0 Å². The van der Waals surface area contributed by atoms with E-state index in [1.165, 1.54) is 89.9 Å². The maximum atomic E-state index is 12.9. The lowest BCUT2D eigenvalue weighted by Gasteiger charge is -2.21. The molecule has 76 heavy (non-hydrogen) atoms. The molecule has 0 amide bonds. The van der Waals surface area contributed by atoms with Crippen LogP contribution in [0.2, 0.25) is 0 Å². The molecule has 3 unspecified atom stereocenters. The van der Waals surface area contributed by atoms with Crippen molar-refractivity contribution in [2.24, 2.45) is 0 Å². The number of aliphatic hydroxyl groups is 1. The van der Waals surface area contributed by atoms with Crippen LogP contribution >= 0.6 is 7.82 Å². The van der Waals surface area contributed by atoms with Crippen LogP contribution in [0, 0.1) is 0 Å². The van der Waals surface area contributed by atoms with Crippen molar-refractivity contribution in [3.05, 3.63) is 72.9 Å². The first-order valence-corrected chi connectivity index (χ1v) is 32.3. The maximum absolute atomic E-state index is 12.9. The second-order valence-electron chi connectivity index (χ2n) is 20.5. The molecule has 11 nitrogen and oxygen atoms in total. The molecule has 0 radical (unpaired) electrons. The SMILES string of the molecule is CCC/C=C\C/C=C\CCCCCCCC(=O)OC(CO)COP(=O)(O)OCC(COC(=O)CCCCCCCC/C=C\C/C=C\C/C=C\CCCCC)OC(=O)CCCCCCCCC/C=C\CCCCCCCC. The lowest BCUT2D eigenvalue weighted by Crippen LogP contribution is -2.30. The van der Waals surface area contributed by atoms with Crippen molar-refractivity contribution in [2.75, 3.05) is 26.4 Å². The molecule has 2 N–H and O–H groups in total. The van der Waals surface area contributed by atoms with Gasteiger partial charge in [-0.05, 0) is 109 Å². The molecule has 0 rings (SSSR count). The van der Waals surface area contributed by atoms with Crippen molar-refractivity contribution in [1.82, 2.24) is 0 Å². The zero-order chi connectivity index (χ0) is 55.5. The lowest BCUT2D eigenvalue weighted by atomic mass is 10.1. The van der Waals surface area contributed by atoms with Crippen LogP contribution in [-0.4, -0.2) is 66.5 Å². The third-order valence-corrected chi connectivity index (χ3v) is 14.0. The summed E-state index contributed by atoms with van der Waals surface area (Å²) >= 11 is 0. The molecule has 0 heterocycles. The van der Waals surface area contributed by atoms with E-state index in [4.69, 9.17) is 23.3 Å². The lowest BCUT2D eigenvalue weighted by molar-refractivity contribution is -0.161. The molecule has 0 bridgehead atoms. The van der Waals surface area contributed by atoms with Gasteiger partial charge in [0.25, 0.3) is 0 Å². The number of ether oxygens (including phenoxy) is 3. The molecule has 0 saturated heterocycles. The highest BCUT2D eigenvalue weighted by molar-refractivity contribution is 7.47. The molecule has 0 aromatic carbocycles. The van der Waals surface area contributed by atoms with Crippen LogP contribution in [-0.2, 0) is 42.2 Å². The first-order chi connectivity index (χ1) is 37.2. The number of aliphatic hydroxyl groups excluding tert-OH is 1. The first-order valence-electron chi connectivity index (χ1n) is 30.8. The number of carbonyl (C=O) groups excluding carboxylic acids is 3. The Morgan fingerprint density at radius 1 is 0.368 bits per heavy atom. The van der Waals surface area contributed by atoms with Crippen molar-refractivity contribution in [1.29, 1.82) is 0 Å². The summed E-state index contributed by atoms with van der Waals surface area (Å²) in [6.45, 7) is 4.54. The number of hydrogen-bond donors (Lipinski definition) is 2. The Labute approximate surface area is 465 Å². The topological polar surface area (TPSA) is 155 Å². The highest BCUT2D eigenvalue weighted by Gasteiger charge is 2.28. The number of phosphoric ester groups is 1. The standard InChI is InChI=1S/C64H113O11P/c1-4-7-10-13-16-19-22-25-27-29-30-32-33-36-38-41-44-47-50-53-62(66)71-57-61(75-64(68)55-52-49-46-43-40-37-34-31-28-26-23-20-17-14-11-8-5-2)59-73-76(69,70)72-58-60(56-65)74-63(67)54-51-48-45-42-39-35-24-21-18-15-12-9-6-3/h12,15-16,19,21,24-28,30,32,60-61,65H,4-11,13-14,17-18,20,22-23,29,31,33-59H2,1-3H3,(H,69,70)/b15-12-,19-16-,24-21-,27-25-,28-26-,32-30-. The number of carbonyl (C=O) groups is 3. The van der Waals surface area contributed by atoms with Gasteiger partial charge in [-0.1, -0.05) is 222 Å². The highest BCUT2D eigenvalue weighted by Crippen LogP contribution is 2.43. The average molecular weight is 1090 g/mol. The number of esters is 3. The summed E-state index contributed by atoms with van der Waals surface area (Å²) in [7, 11) is -4.76. The van der Waals surface area contributed by atoms with Gasteiger partial charge in [0.05, 0.1) is 19.8 Å². The minimum Gasteiger partial charge on any atom is -0.462 e. The van der Waals surface area contributed by atoms with Crippen molar-refractivity contribution in [3.63, 3.8) is 0 Å². The van der Waals surface area contributed by atoms with E-state index in [-0.39, 0.29) is 25.9 Å². The maximum Gasteiger partial charge on any atom is 0.472 e. The third kappa shape index (κ3) is 55.7. The van der Waals surface area contributed by atoms with Crippen LogP contribution in [0.1, 0.15) is 278 Å². The fourth-order valence-electron chi connectivity index (χ4n) is 8.34. The molecule has 0 aliphatic rings. The largest absolute Gasteiger partial charge is 0.472 e. The molecule has 12 heteroatoms. The summed E-state index contributed by atoms with van der Waals surface area (Å²) in [6, 6.07) is 0. The minimum absolute atomic E-state index is 0.157. The van der Waals surface area contributed by atoms with Gasteiger partial charge in [-0.15, -0.1) is 0 Å². The van der Waals surface area contributed by atoms with Crippen molar-refractivity contribution in [3.8, 4) is 0 Å². The van der Waals surface area contributed by atoms with Crippen LogP contribution in [0.4, 0.5) is 0 Å². The number of phosphoric acid groups is 1. The Kier molecular flexibility index (Phi) is 55.7. The predicted octanol–water partition coefficient (Wildman–Crippen LogP) is 18.5. The van der Waals surface area contributed by atoms with Gasteiger partial charge >= 0.3 is 25.7 Å². The normalized spacial score (nSPS) is 13.8. The predicted molar refractivity (Wildman–Crippen MR) is 316 cm³/mol. The molecule has 0 aromatic rings. The van der Waals surface area contributed by atoms with Gasteiger partial charge in [0.1, 0.15) is 12.7 Å². The van der Waals surface area contributed by atoms with E-state index in [9.17, 15) is 28.9 Å². The van der Waals surface area contributed by atoms with Crippen LogP contribution in [0.3, 0.4) is 0 Å². The molecule has 0 saturated carbocycles. The highest BCUT2D eigenvalue weighted by atomic mass is 31.2. The number of rotatable bonds is 57. The van der Waals surface area contributed by atoms with Gasteiger partial charge in [0.15, 0.2) is 6.10 Å². The monoisotopic (exact) mass is 1090 g/mol. The fourth-order valence-corrected chi connectivity index (χ4v) is 9.12. The van der Waals surface area contributed by atoms with E-state index in [2.05, 4.69) is 93.7 Å². The zero-order valence-electron chi connectivity index (χ0n) is 48.7. The summed E-state index contributed by atoms with van der Waals surface area (Å²) < 4.78 is 39.6. The molecule has 0 fully saturated rings. The Morgan fingerprint density at radius 3 is 1.08 bits per heavy atom. The Hall–Kier alpha value is -3.08. The number of allylic oxidation sites excluding steroid dienone is 12. The quantitative estimate of drug-likeness (QED) is 0.0197. The van der Waals surface area contributed by atoms with Gasteiger partial charge in [-0.25, -0.2) is 4.57 Å². The molecule has 0 aliphatic heterocycles. The summed E-state index contributed by atoms with van der Waals surface area (Å²) in [5.74, 6) is -1.49. The van der Waals surface area contributed by atoms with Crippen LogP contribution < -0.4 is 0 Å². The van der Waals surface area contributed by atoms with Crippen LogP contribution in [0.5, 0.6) is 0 Å². The van der Waals surface area contributed by atoms with Crippen LogP contribution in [0.15, 0.2) is 72.9 Å².